The molecule has 1 atom stereocenters. The van der Waals surface area contributed by atoms with E-state index in [0.29, 0.717) is 12.8 Å². The lowest BCUT2D eigenvalue weighted by molar-refractivity contribution is 0.282. The van der Waals surface area contributed by atoms with Crippen LogP contribution in [0.3, 0.4) is 0 Å². The summed E-state index contributed by atoms with van der Waals surface area (Å²) in [5, 5.41) is 8.06. The van der Waals surface area contributed by atoms with E-state index >= 15 is 0 Å². The van der Waals surface area contributed by atoms with Gasteiger partial charge in [0.15, 0.2) is 0 Å². The summed E-state index contributed by atoms with van der Waals surface area (Å²) < 4.78 is 31.8. The molecule has 5 heteroatoms. The van der Waals surface area contributed by atoms with Gasteiger partial charge in [0.25, 0.3) is 10.1 Å². The van der Waals surface area contributed by atoms with Crippen molar-refractivity contribution in [3.63, 3.8) is 0 Å². The Morgan fingerprint density at radius 3 is 1.74 bits per heavy atom. The van der Waals surface area contributed by atoms with Crippen LogP contribution in [0.2, 0.25) is 0 Å². The van der Waals surface area contributed by atoms with Crippen LogP contribution in [0.5, 0.6) is 0 Å². The number of rotatable bonds is 13. The largest absolute Gasteiger partial charge is 0.396 e. The molecule has 116 valence electrons. The summed E-state index contributed by atoms with van der Waals surface area (Å²) in [7, 11) is -3.90. The summed E-state index contributed by atoms with van der Waals surface area (Å²) in [6.45, 7) is 2.34. The van der Waals surface area contributed by atoms with Crippen molar-refractivity contribution in [2.75, 3.05) is 6.61 Å². The molecular formula is C14H30O4S. The highest BCUT2D eigenvalue weighted by molar-refractivity contribution is 7.86. The molecule has 0 aliphatic carbocycles. The molecule has 0 bridgehead atoms. The van der Waals surface area contributed by atoms with Crippen molar-refractivity contribution in [2.24, 2.45) is 0 Å². The monoisotopic (exact) mass is 294 g/mol. The number of unbranched alkanes of at least 4 members (excludes halogenated alkanes) is 7. The first-order valence-corrected chi connectivity index (χ1v) is 9.09. The van der Waals surface area contributed by atoms with Crippen LogP contribution in [-0.2, 0) is 10.1 Å². The van der Waals surface area contributed by atoms with Gasteiger partial charge in [0.05, 0.1) is 5.25 Å². The van der Waals surface area contributed by atoms with E-state index < -0.39 is 15.4 Å². The maximum Gasteiger partial charge on any atom is 0.267 e. The molecule has 2 N–H and O–H groups in total. The van der Waals surface area contributed by atoms with Crippen molar-refractivity contribution >= 4 is 10.1 Å². The lowest BCUT2D eigenvalue weighted by Crippen LogP contribution is -2.20. The van der Waals surface area contributed by atoms with Crippen LogP contribution in [-0.4, -0.2) is 29.9 Å². The molecule has 19 heavy (non-hydrogen) atoms. The average molecular weight is 294 g/mol. The standard InChI is InChI=1S/C14H30O4S/c1-2-3-4-5-8-11-14(19(16,17)18)12-9-6-7-10-13-15/h14-15H,2-13H2,1H3,(H,16,17,18). The van der Waals surface area contributed by atoms with Gasteiger partial charge < -0.3 is 5.11 Å². The van der Waals surface area contributed by atoms with Crippen LogP contribution in [0, 0.1) is 0 Å². The molecule has 0 aromatic carbocycles. The second-order valence-electron chi connectivity index (χ2n) is 5.27. The third-order valence-corrected chi connectivity index (χ3v) is 4.80. The smallest absolute Gasteiger partial charge is 0.267 e. The zero-order chi connectivity index (χ0) is 14.6. The number of aliphatic hydroxyl groups is 1. The minimum atomic E-state index is -3.90. The fourth-order valence-electron chi connectivity index (χ4n) is 2.26. The highest BCUT2D eigenvalue weighted by Crippen LogP contribution is 2.18. The lowest BCUT2D eigenvalue weighted by atomic mass is 10.0. The number of aliphatic hydroxyl groups excluding tert-OH is 1. The Kier molecular flexibility index (Phi) is 11.6. The Bertz CT molecular complexity index is 274. The van der Waals surface area contributed by atoms with Crippen LogP contribution in [0.25, 0.3) is 0 Å². The maximum atomic E-state index is 11.3. The van der Waals surface area contributed by atoms with Crippen LogP contribution >= 0.6 is 0 Å². The molecule has 1 unspecified atom stereocenters. The van der Waals surface area contributed by atoms with Crippen LogP contribution in [0.15, 0.2) is 0 Å². The topological polar surface area (TPSA) is 74.6 Å². The molecule has 0 rings (SSSR count). The van der Waals surface area contributed by atoms with Gasteiger partial charge in [-0.1, -0.05) is 58.3 Å². The first-order valence-electron chi connectivity index (χ1n) is 7.59. The molecule has 0 spiro atoms. The van der Waals surface area contributed by atoms with E-state index in [9.17, 15) is 13.0 Å². The van der Waals surface area contributed by atoms with Crippen molar-refractivity contribution in [3.05, 3.63) is 0 Å². The fourth-order valence-corrected chi connectivity index (χ4v) is 3.18. The molecule has 4 nitrogen and oxygen atoms in total. The summed E-state index contributed by atoms with van der Waals surface area (Å²) in [6, 6.07) is 0. The molecule has 0 aliphatic rings. The van der Waals surface area contributed by atoms with Crippen molar-refractivity contribution in [1.29, 1.82) is 0 Å². The Morgan fingerprint density at radius 2 is 1.32 bits per heavy atom. The van der Waals surface area contributed by atoms with Crippen molar-refractivity contribution < 1.29 is 18.1 Å². The van der Waals surface area contributed by atoms with Crippen LogP contribution in [0.4, 0.5) is 0 Å². The van der Waals surface area contributed by atoms with Crippen LogP contribution in [0.1, 0.15) is 77.6 Å². The van der Waals surface area contributed by atoms with Gasteiger partial charge in [0.1, 0.15) is 0 Å². The average Bonchev–Trinajstić information content (AvgIpc) is 2.34. The second kappa shape index (κ2) is 11.7. The molecule has 0 amide bonds. The Balaban J connectivity index is 3.84. The van der Waals surface area contributed by atoms with Gasteiger partial charge >= 0.3 is 0 Å². The van der Waals surface area contributed by atoms with Gasteiger partial charge in [0.2, 0.25) is 0 Å². The predicted octanol–water partition coefficient (Wildman–Crippen LogP) is 3.55. The zero-order valence-corrected chi connectivity index (χ0v) is 13.0. The minimum Gasteiger partial charge on any atom is -0.396 e. The summed E-state index contributed by atoms with van der Waals surface area (Å²) in [6.07, 6.45) is 9.96. The lowest BCUT2D eigenvalue weighted by Gasteiger charge is -2.13. The van der Waals surface area contributed by atoms with Crippen molar-refractivity contribution in [1.82, 2.24) is 0 Å². The van der Waals surface area contributed by atoms with Gasteiger partial charge in [-0.15, -0.1) is 0 Å². The summed E-state index contributed by atoms with van der Waals surface area (Å²) in [4.78, 5) is 0. The highest BCUT2D eigenvalue weighted by atomic mass is 32.2. The third kappa shape index (κ3) is 11.4. The first-order chi connectivity index (χ1) is 9.02. The molecule has 0 radical (unpaired) electrons. The predicted molar refractivity (Wildman–Crippen MR) is 78.9 cm³/mol. The SMILES string of the molecule is CCCCCCCC(CCCCCCO)S(=O)(=O)O. The molecular weight excluding hydrogens is 264 g/mol. The van der Waals surface area contributed by atoms with E-state index in [1.54, 1.807) is 0 Å². The number of hydrogen-bond acceptors (Lipinski definition) is 3. The van der Waals surface area contributed by atoms with E-state index in [0.717, 1.165) is 44.9 Å². The Hall–Kier alpha value is -0.130. The van der Waals surface area contributed by atoms with Crippen LogP contribution < -0.4 is 0 Å². The van der Waals surface area contributed by atoms with E-state index in [4.69, 9.17) is 5.11 Å². The van der Waals surface area contributed by atoms with E-state index in [1.807, 2.05) is 0 Å². The fraction of sp³-hybridized carbons (Fsp3) is 1.00. The number of hydrogen-bond donors (Lipinski definition) is 2. The quantitative estimate of drug-likeness (QED) is 0.402. The molecule has 0 heterocycles. The molecule has 0 fully saturated rings. The Labute approximate surface area is 118 Å². The second-order valence-corrected chi connectivity index (χ2v) is 6.96. The third-order valence-electron chi connectivity index (χ3n) is 3.49. The minimum absolute atomic E-state index is 0.194. The Morgan fingerprint density at radius 1 is 0.842 bits per heavy atom. The highest BCUT2D eigenvalue weighted by Gasteiger charge is 2.21. The van der Waals surface area contributed by atoms with Gasteiger partial charge in [-0.05, 0) is 19.3 Å². The van der Waals surface area contributed by atoms with E-state index in [-0.39, 0.29) is 6.61 Å². The summed E-state index contributed by atoms with van der Waals surface area (Å²) in [5.41, 5.74) is 0. The summed E-state index contributed by atoms with van der Waals surface area (Å²) in [5.74, 6) is 0. The van der Waals surface area contributed by atoms with Gasteiger partial charge in [-0.25, -0.2) is 0 Å². The molecule has 0 aromatic heterocycles. The molecule has 0 aromatic rings. The maximum absolute atomic E-state index is 11.3. The van der Waals surface area contributed by atoms with Gasteiger partial charge in [-0.2, -0.15) is 8.42 Å². The molecule has 0 saturated carbocycles. The zero-order valence-electron chi connectivity index (χ0n) is 12.2. The molecule has 0 saturated heterocycles. The van der Waals surface area contributed by atoms with Crippen molar-refractivity contribution in [2.45, 2.75) is 82.8 Å². The summed E-state index contributed by atoms with van der Waals surface area (Å²) >= 11 is 0. The first kappa shape index (κ1) is 18.9. The van der Waals surface area contributed by atoms with E-state index in [2.05, 4.69) is 6.92 Å². The van der Waals surface area contributed by atoms with E-state index in [1.165, 1.54) is 12.8 Å². The van der Waals surface area contributed by atoms with Crippen molar-refractivity contribution in [3.8, 4) is 0 Å². The van der Waals surface area contributed by atoms with Gasteiger partial charge in [-0.3, -0.25) is 4.55 Å². The normalized spacial score (nSPS) is 13.6. The molecule has 0 aliphatic heterocycles. The van der Waals surface area contributed by atoms with Gasteiger partial charge in [0, 0.05) is 6.61 Å².